The van der Waals surface area contributed by atoms with Gasteiger partial charge in [-0.15, -0.1) is 0 Å². The van der Waals surface area contributed by atoms with Crippen LogP contribution in [-0.2, 0) is 11.2 Å². The SMILES string of the molecule is CCCc1c(Cl)ncnc1N(C)CC(=O)NC. The van der Waals surface area contributed by atoms with Gasteiger partial charge in [0.15, 0.2) is 0 Å². The van der Waals surface area contributed by atoms with E-state index in [-0.39, 0.29) is 12.5 Å². The van der Waals surface area contributed by atoms with E-state index in [1.54, 1.807) is 11.9 Å². The monoisotopic (exact) mass is 256 g/mol. The Labute approximate surface area is 106 Å². The quantitative estimate of drug-likeness (QED) is 0.806. The van der Waals surface area contributed by atoms with Crippen LogP contribution in [0.25, 0.3) is 0 Å². The van der Waals surface area contributed by atoms with E-state index in [0.29, 0.717) is 5.15 Å². The molecule has 94 valence electrons. The van der Waals surface area contributed by atoms with Gasteiger partial charge in [-0.05, 0) is 6.42 Å². The largest absolute Gasteiger partial charge is 0.358 e. The van der Waals surface area contributed by atoms with Crippen LogP contribution in [0.2, 0.25) is 5.15 Å². The molecule has 0 unspecified atom stereocenters. The Bertz CT molecular complexity index is 397. The van der Waals surface area contributed by atoms with Crippen LogP contribution in [-0.4, -0.2) is 36.5 Å². The minimum atomic E-state index is -0.0651. The standard InChI is InChI=1S/C11H17ClN4O/c1-4-5-8-10(12)14-7-15-11(8)16(3)6-9(17)13-2/h7H,4-6H2,1-3H3,(H,13,17). The topological polar surface area (TPSA) is 58.1 Å². The fraction of sp³-hybridized carbons (Fsp3) is 0.545. The van der Waals surface area contributed by atoms with Gasteiger partial charge in [0.05, 0.1) is 6.54 Å². The lowest BCUT2D eigenvalue weighted by Crippen LogP contribution is -2.34. The second-order valence-electron chi connectivity index (χ2n) is 3.75. The van der Waals surface area contributed by atoms with Crippen molar-refractivity contribution < 1.29 is 4.79 Å². The molecule has 6 heteroatoms. The molecule has 0 radical (unpaired) electrons. The number of hydrogen-bond acceptors (Lipinski definition) is 4. The molecule has 0 bridgehead atoms. The van der Waals surface area contributed by atoms with E-state index in [9.17, 15) is 4.79 Å². The van der Waals surface area contributed by atoms with Gasteiger partial charge in [-0.25, -0.2) is 9.97 Å². The molecule has 0 aliphatic carbocycles. The number of aromatic nitrogens is 2. The molecule has 1 amide bonds. The van der Waals surface area contributed by atoms with Gasteiger partial charge in [-0.2, -0.15) is 0 Å². The molecule has 1 heterocycles. The predicted molar refractivity (Wildman–Crippen MR) is 68.4 cm³/mol. The average Bonchev–Trinajstić information content (AvgIpc) is 2.31. The summed E-state index contributed by atoms with van der Waals surface area (Å²) in [6, 6.07) is 0. The number of carbonyl (C=O) groups excluding carboxylic acids is 1. The van der Waals surface area contributed by atoms with Crippen LogP contribution in [0.1, 0.15) is 18.9 Å². The van der Waals surface area contributed by atoms with Crippen LogP contribution in [0.4, 0.5) is 5.82 Å². The number of nitrogens with one attached hydrogen (secondary N) is 1. The van der Waals surface area contributed by atoms with Crippen molar-refractivity contribution in [3.05, 3.63) is 17.0 Å². The average molecular weight is 257 g/mol. The molecule has 1 rings (SSSR count). The van der Waals surface area contributed by atoms with Crippen molar-refractivity contribution in [2.75, 3.05) is 25.5 Å². The summed E-state index contributed by atoms with van der Waals surface area (Å²) >= 11 is 6.04. The number of nitrogens with zero attached hydrogens (tertiary/aromatic N) is 3. The number of likely N-dealkylation sites (N-methyl/N-ethyl adjacent to an activating group) is 2. The van der Waals surface area contributed by atoms with E-state index in [1.165, 1.54) is 6.33 Å². The van der Waals surface area contributed by atoms with Crippen molar-refractivity contribution >= 4 is 23.3 Å². The molecule has 0 fully saturated rings. The molecule has 1 N–H and O–H groups in total. The van der Waals surface area contributed by atoms with E-state index in [0.717, 1.165) is 24.2 Å². The lowest BCUT2D eigenvalue weighted by atomic mass is 10.2. The third kappa shape index (κ3) is 3.56. The molecule has 0 saturated carbocycles. The minimum absolute atomic E-state index is 0.0651. The molecular formula is C11H17ClN4O. The molecular weight excluding hydrogens is 240 g/mol. The third-order valence-electron chi connectivity index (χ3n) is 2.39. The zero-order chi connectivity index (χ0) is 12.8. The summed E-state index contributed by atoms with van der Waals surface area (Å²) in [5.74, 6) is 0.653. The first-order valence-electron chi connectivity index (χ1n) is 5.51. The van der Waals surface area contributed by atoms with Crippen LogP contribution in [0.15, 0.2) is 6.33 Å². The Morgan fingerprint density at radius 3 is 2.82 bits per heavy atom. The highest BCUT2D eigenvalue weighted by molar-refractivity contribution is 6.30. The summed E-state index contributed by atoms with van der Waals surface area (Å²) in [5.41, 5.74) is 0.892. The molecule has 0 aliphatic rings. The molecule has 17 heavy (non-hydrogen) atoms. The fourth-order valence-electron chi connectivity index (χ4n) is 1.55. The second kappa shape index (κ2) is 6.39. The van der Waals surface area contributed by atoms with Crippen molar-refractivity contribution in [3.8, 4) is 0 Å². The number of hydrogen-bond donors (Lipinski definition) is 1. The molecule has 0 aliphatic heterocycles. The molecule has 0 spiro atoms. The first kappa shape index (κ1) is 13.7. The summed E-state index contributed by atoms with van der Waals surface area (Å²) in [6.45, 7) is 2.31. The van der Waals surface area contributed by atoms with E-state index in [2.05, 4.69) is 22.2 Å². The van der Waals surface area contributed by atoms with Gasteiger partial charge < -0.3 is 10.2 Å². The maximum atomic E-state index is 11.3. The normalized spacial score (nSPS) is 10.1. The van der Waals surface area contributed by atoms with Gasteiger partial charge in [0.1, 0.15) is 17.3 Å². The Morgan fingerprint density at radius 2 is 2.24 bits per heavy atom. The van der Waals surface area contributed by atoms with Crippen LogP contribution < -0.4 is 10.2 Å². The summed E-state index contributed by atoms with van der Waals surface area (Å²) in [5, 5.41) is 3.03. The highest BCUT2D eigenvalue weighted by Crippen LogP contribution is 2.23. The third-order valence-corrected chi connectivity index (χ3v) is 2.72. The maximum Gasteiger partial charge on any atom is 0.239 e. The van der Waals surface area contributed by atoms with E-state index in [1.807, 2.05) is 7.05 Å². The lowest BCUT2D eigenvalue weighted by molar-refractivity contribution is -0.119. The van der Waals surface area contributed by atoms with Gasteiger partial charge in [-0.3, -0.25) is 4.79 Å². The van der Waals surface area contributed by atoms with E-state index in [4.69, 9.17) is 11.6 Å². The van der Waals surface area contributed by atoms with Gasteiger partial charge >= 0.3 is 0 Å². The van der Waals surface area contributed by atoms with Crippen molar-refractivity contribution in [1.29, 1.82) is 0 Å². The minimum Gasteiger partial charge on any atom is -0.358 e. The number of halogens is 1. The zero-order valence-corrected chi connectivity index (χ0v) is 11.1. The fourth-order valence-corrected chi connectivity index (χ4v) is 1.77. The maximum absolute atomic E-state index is 11.3. The molecule has 0 aromatic carbocycles. The Kier molecular flexibility index (Phi) is 5.15. The van der Waals surface area contributed by atoms with Crippen LogP contribution in [0.5, 0.6) is 0 Å². The number of rotatable bonds is 5. The smallest absolute Gasteiger partial charge is 0.239 e. The predicted octanol–water partition coefficient (Wildman–Crippen LogP) is 1.26. The summed E-state index contributed by atoms with van der Waals surface area (Å²) in [6.07, 6.45) is 3.16. The molecule has 1 aromatic heterocycles. The Morgan fingerprint density at radius 1 is 1.53 bits per heavy atom. The highest BCUT2D eigenvalue weighted by atomic mass is 35.5. The van der Waals surface area contributed by atoms with Crippen LogP contribution in [0.3, 0.4) is 0 Å². The Balaban J connectivity index is 2.95. The van der Waals surface area contributed by atoms with Crippen molar-refractivity contribution in [3.63, 3.8) is 0 Å². The van der Waals surface area contributed by atoms with Crippen molar-refractivity contribution in [2.24, 2.45) is 0 Å². The van der Waals surface area contributed by atoms with Crippen molar-refractivity contribution in [2.45, 2.75) is 19.8 Å². The van der Waals surface area contributed by atoms with Crippen LogP contribution >= 0.6 is 11.6 Å². The molecule has 0 saturated heterocycles. The first-order valence-corrected chi connectivity index (χ1v) is 5.89. The van der Waals surface area contributed by atoms with Crippen LogP contribution in [0, 0.1) is 0 Å². The van der Waals surface area contributed by atoms with E-state index >= 15 is 0 Å². The summed E-state index contributed by atoms with van der Waals surface area (Å²) in [4.78, 5) is 21.3. The number of amides is 1. The van der Waals surface area contributed by atoms with E-state index < -0.39 is 0 Å². The van der Waals surface area contributed by atoms with Crippen molar-refractivity contribution in [1.82, 2.24) is 15.3 Å². The van der Waals surface area contributed by atoms with Gasteiger partial charge in [0, 0.05) is 19.7 Å². The molecule has 1 aromatic rings. The van der Waals surface area contributed by atoms with Gasteiger partial charge in [-0.1, -0.05) is 24.9 Å². The number of anilines is 1. The summed E-state index contributed by atoms with van der Waals surface area (Å²) in [7, 11) is 3.42. The first-order chi connectivity index (χ1) is 8.10. The second-order valence-corrected chi connectivity index (χ2v) is 4.10. The zero-order valence-electron chi connectivity index (χ0n) is 10.3. The van der Waals surface area contributed by atoms with Gasteiger partial charge in [0.2, 0.25) is 5.91 Å². The summed E-state index contributed by atoms with van der Waals surface area (Å²) < 4.78 is 0. The lowest BCUT2D eigenvalue weighted by Gasteiger charge is -2.20. The highest BCUT2D eigenvalue weighted by Gasteiger charge is 2.14. The molecule has 0 atom stereocenters. The number of carbonyl (C=O) groups is 1. The molecule has 5 nitrogen and oxygen atoms in total. The van der Waals surface area contributed by atoms with Gasteiger partial charge in [0.25, 0.3) is 0 Å². The Hall–Kier alpha value is -1.36.